The van der Waals surface area contributed by atoms with Crippen LogP contribution < -0.4 is 5.32 Å². The third kappa shape index (κ3) is 3.70. The average molecular weight is 360 g/mol. The Bertz CT molecular complexity index is 637. The predicted octanol–water partition coefficient (Wildman–Crippen LogP) is 2.58. The van der Waals surface area contributed by atoms with Gasteiger partial charge in [0.15, 0.2) is 14.6 Å². The Morgan fingerprint density at radius 2 is 1.87 bits per heavy atom. The Morgan fingerprint density at radius 1 is 1.26 bits per heavy atom. The van der Waals surface area contributed by atoms with E-state index >= 15 is 0 Å². The Labute approximate surface area is 142 Å². The third-order valence-electron chi connectivity index (χ3n) is 4.27. The number of rotatable bonds is 7. The van der Waals surface area contributed by atoms with E-state index in [0.29, 0.717) is 37.4 Å². The lowest BCUT2D eigenvalue weighted by atomic mass is 10.1. The number of carbonyl (C=O) groups excluding carboxylic acids is 1. The molecule has 1 aromatic carbocycles. The highest BCUT2D eigenvalue weighted by Crippen LogP contribution is 2.41. The smallest absolute Gasteiger partial charge is 0.241 e. The lowest BCUT2D eigenvalue weighted by Crippen LogP contribution is -2.50. The van der Waals surface area contributed by atoms with E-state index < -0.39 is 20.5 Å². The van der Waals surface area contributed by atoms with Gasteiger partial charge in [0.2, 0.25) is 5.91 Å². The van der Waals surface area contributed by atoms with Crippen molar-refractivity contribution >= 4 is 27.3 Å². The standard InChI is InChI=1S/C16H22ClNO4S/c1-22-12-4-11-18-15(19)16(9-2-3-10-16)23(20,21)14-7-5-13(17)6-8-14/h5-8H,2-4,9-12H2,1H3,(H,18,19). The van der Waals surface area contributed by atoms with Crippen molar-refractivity contribution in [1.82, 2.24) is 5.32 Å². The van der Waals surface area contributed by atoms with Crippen molar-refractivity contribution in [2.24, 2.45) is 0 Å². The van der Waals surface area contributed by atoms with Crippen LogP contribution in [-0.4, -0.2) is 39.3 Å². The van der Waals surface area contributed by atoms with Gasteiger partial charge < -0.3 is 10.1 Å². The topological polar surface area (TPSA) is 72.5 Å². The monoisotopic (exact) mass is 359 g/mol. The van der Waals surface area contributed by atoms with Gasteiger partial charge in [-0.05, 0) is 43.5 Å². The maximum absolute atomic E-state index is 13.1. The van der Waals surface area contributed by atoms with Crippen molar-refractivity contribution in [3.05, 3.63) is 29.3 Å². The van der Waals surface area contributed by atoms with Crippen LogP contribution in [0.1, 0.15) is 32.1 Å². The van der Waals surface area contributed by atoms with Gasteiger partial charge in [-0.1, -0.05) is 24.4 Å². The minimum Gasteiger partial charge on any atom is -0.385 e. The first-order chi connectivity index (χ1) is 10.9. The van der Waals surface area contributed by atoms with Gasteiger partial charge in [0.25, 0.3) is 0 Å². The zero-order chi connectivity index (χ0) is 16.9. The number of amides is 1. The first-order valence-electron chi connectivity index (χ1n) is 7.71. The van der Waals surface area contributed by atoms with Gasteiger partial charge in [0, 0.05) is 25.3 Å². The maximum atomic E-state index is 13.1. The fraction of sp³-hybridized carbons (Fsp3) is 0.562. The number of nitrogens with one attached hydrogen (secondary N) is 1. The molecule has 1 aliphatic rings. The van der Waals surface area contributed by atoms with Crippen LogP contribution in [0.25, 0.3) is 0 Å². The number of hydrogen-bond donors (Lipinski definition) is 1. The number of methoxy groups -OCH3 is 1. The molecule has 0 saturated heterocycles. The molecule has 0 aromatic heterocycles. The molecule has 0 heterocycles. The summed E-state index contributed by atoms with van der Waals surface area (Å²) in [6, 6.07) is 6.01. The molecular weight excluding hydrogens is 338 g/mol. The van der Waals surface area contributed by atoms with Crippen molar-refractivity contribution in [1.29, 1.82) is 0 Å². The predicted molar refractivity (Wildman–Crippen MR) is 89.3 cm³/mol. The molecule has 1 saturated carbocycles. The largest absolute Gasteiger partial charge is 0.385 e. The number of sulfone groups is 1. The van der Waals surface area contributed by atoms with Crippen LogP contribution in [0.15, 0.2) is 29.2 Å². The second-order valence-electron chi connectivity index (χ2n) is 5.76. The Hall–Kier alpha value is -1.11. The zero-order valence-electron chi connectivity index (χ0n) is 13.2. The molecule has 2 rings (SSSR count). The Balaban J connectivity index is 2.25. The number of halogens is 1. The minimum atomic E-state index is -3.76. The molecule has 1 aliphatic carbocycles. The van der Waals surface area contributed by atoms with Crippen LogP contribution in [0.4, 0.5) is 0 Å². The van der Waals surface area contributed by atoms with E-state index in [4.69, 9.17) is 16.3 Å². The van der Waals surface area contributed by atoms with Gasteiger partial charge in [-0.15, -0.1) is 0 Å². The molecule has 7 heteroatoms. The second kappa shape index (κ2) is 7.64. The van der Waals surface area contributed by atoms with E-state index in [2.05, 4.69) is 5.32 Å². The number of carbonyl (C=O) groups is 1. The summed E-state index contributed by atoms with van der Waals surface area (Å²) in [5.41, 5.74) is 0. The van der Waals surface area contributed by atoms with Gasteiger partial charge in [-0.25, -0.2) is 8.42 Å². The van der Waals surface area contributed by atoms with E-state index in [0.717, 1.165) is 12.8 Å². The molecule has 1 fully saturated rings. The van der Waals surface area contributed by atoms with Crippen LogP contribution >= 0.6 is 11.6 Å². The van der Waals surface area contributed by atoms with Crippen LogP contribution in [0, 0.1) is 0 Å². The summed E-state index contributed by atoms with van der Waals surface area (Å²) in [4.78, 5) is 12.8. The van der Waals surface area contributed by atoms with Gasteiger partial charge >= 0.3 is 0 Å². The molecule has 23 heavy (non-hydrogen) atoms. The molecule has 0 spiro atoms. The highest BCUT2D eigenvalue weighted by molar-refractivity contribution is 7.93. The SMILES string of the molecule is COCCCNC(=O)C1(S(=O)(=O)c2ccc(Cl)cc2)CCCC1. The zero-order valence-corrected chi connectivity index (χ0v) is 14.8. The molecule has 0 atom stereocenters. The van der Waals surface area contributed by atoms with Crippen LogP contribution in [0.3, 0.4) is 0 Å². The normalized spacial score (nSPS) is 17.1. The van der Waals surface area contributed by atoms with E-state index in [1.54, 1.807) is 7.11 Å². The van der Waals surface area contributed by atoms with Crippen molar-refractivity contribution in [2.75, 3.05) is 20.3 Å². The number of hydrogen-bond acceptors (Lipinski definition) is 4. The summed E-state index contributed by atoms with van der Waals surface area (Å²) in [5.74, 6) is -0.402. The van der Waals surface area contributed by atoms with Gasteiger partial charge in [-0.2, -0.15) is 0 Å². The number of benzene rings is 1. The van der Waals surface area contributed by atoms with E-state index in [1.807, 2.05) is 0 Å². The van der Waals surface area contributed by atoms with Crippen molar-refractivity contribution < 1.29 is 17.9 Å². The average Bonchev–Trinajstić information content (AvgIpc) is 3.03. The fourth-order valence-corrected chi connectivity index (χ4v) is 5.20. The molecule has 1 aromatic rings. The molecular formula is C16H22ClNO4S. The fourth-order valence-electron chi connectivity index (χ4n) is 2.98. The summed E-state index contributed by atoms with van der Waals surface area (Å²) in [6.45, 7) is 0.932. The molecule has 5 nitrogen and oxygen atoms in total. The first-order valence-corrected chi connectivity index (χ1v) is 9.57. The molecule has 1 amide bonds. The Kier molecular flexibility index (Phi) is 6.06. The van der Waals surface area contributed by atoms with E-state index in [-0.39, 0.29) is 4.90 Å². The summed E-state index contributed by atoms with van der Waals surface area (Å²) in [5, 5.41) is 3.23. The Morgan fingerprint density at radius 3 is 2.43 bits per heavy atom. The van der Waals surface area contributed by atoms with Gasteiger partial charge in [0.05, 0.1) is 4.90 Å². The van der Waals surface area contributed by atoms with Crippen LogP contribution in [-0.2, 0) is 19.4 Å². The lowest BCUT2D eigenvalue weighted by Gasteiger charge is -2.27. The van der Waals surface area contributed by atoms with Crippen molar-refractivity contribution in [3.63, 3.8) is 0 Å². The highest BCUT2D eigenvalue weighted by Gasteiger charge is 2.52. The summed E-state index contributed by atoms with van der Waals surface area (Å²) >= 11 is 5.83. The molecule has 0 bridgehead atoms. The molecule has 0 unspecified atom stereocenters. The molecule has 1 N–H and O–H groups in total. The van der Waals surface area contributed by atoms with Crippen LogP contribution in [0.5, 0.6) is 0 Å². The molecule has 128 valence electrons. The summed E-state index contributed by atoms with van der Waals surface area (Å²) < 4.78 is 29.7. The van der Waals surface area contributed by atoms with Crippen molar-refractivity contribution in [2.45, 2.75) is 41.7 Å². The summed E-state index contributed by atoms with van der Waals surface area (Å²) in [6.07, 6.45) is 2.83. The maximum Gasteiger partial charge on any atom is 0.241 e. The highest BCUT2D eigenvalue weighted by atomic mass is 35.5. The quantitative estimate of drug-likeness (QED) is 0.759. The minimum absolute atomic E-state index is 0.149. The molecule has 0 radical (unpaired) electrons. The second-order valence-corrected chi connectivity index (χ2v) is 8.46. The number of ether oxygens (including phenoxy) is 1. The van der Waals surface area contributed by atoms with E-state index in [1.165, 1.54) is 24.3 Å². The first kappa shape index (κ1) is 18.2. The summed E-state index contributed by atoms with van der Waals surface area (Å²) in [7, 11) is -2.17. The van der Waals surface area contributed by atoms with Crippen LogP contribution in [0.2, 0.25) is 5.02 Å². The third-order valence-corrected chi connectivity index (χ3v) is 7.04. The van der Waals surface area contributed by atoms with Gasteiger partial charge in [0.1, 0.15) is 0 Å². The van der Waals surface area contributed by atoms with Crippen molar-refractivity contribution in [3.8, 4) is 0 Å². The lowest BCUT2D eigenvalue weighted by molar-refractivity contribution is -0.123. The molecule has 0 aliphatic heterocycles. The van der Waals surface area contributed by atoms with E-state index in [9.17, 15) is 13.2 Å². The van der Waals surface area contributed by atoms with Gasteiger partial charge in [-0.3, -0.25) is 4.79 Å².